The highest BCUT2D eigenvalue weighted by atomic mass is 35.5. The van der Waals surface area contributed by atoms with Crippen LogP contribution in [0.3, 0.4) is 0 Å². The van der Waals surface area contributed by atoms with Gasteiger partial charge in [-0.1, -0.05) is 11.6 Å². The number of cyclic esters (lactones) is 1. The minimum absolute atomic E-state index is 0.257. The van der Waals surface area contributed by atoms with Gasteiger partial charge >= 0.3 is 12.3 Å². The van der Waals surface area contributed by atoms with Crippen molar-refractivity contribution in [2.45, 2.75) is 37.9 Å². The third-order valence-corrected chi connectivity index (χ3v) is 6.73. The third-order valence-electron chi connectivity index (χ3n) is 5.27. The second-order valence-corrected chi connectivity index (χ2v) is 9.19. The van der Waals surface area contributed by atoms with Crippen LogP contribution in [-0.4, -0.2) is 18.2 Å². The summed E-state index contributed by atoms with van der Waals surface area (Å²) in [7, 11) is 0. The normalized spacial score (nSPS) is 19.3. The molecule has 0 bridgehead atoms. The van der Waals surface area contributed by atoms with E-state index in [4.69, 9.17) is 16.3 Å². The maximum atomic E-state index is 13.0. The van der Waals surface area contributed by atoms with Crippen LogP contribution in [0.4, 0.5) is 18.0 Å². The number of aryl methyl sites for hydroxylation is 1. The van der Waals surface area contributed by atoms with E-state index in [-0.39, 0.29) is 15.5 Å². The summed E-state index contributed by atoms with van der Waals surface area (Å²) in [6, 6.07) is 6.52. The smallest absolute Gasteiger partial charge is 0.416 e. The summed E-state index contributed by atoms with van der Waals surface area (Å²) >= 11 is 7.51. The van der Waals surface area contributed by atoms with Gasteiger partial charge in [-0.05, 0) is 62.1 Å². The Kier molecular flexibility index (Phi) is 5.18. The molecule has 30 heavy (non-hydrogen) atoms. The monoisotopic (exact) mass is 455 g/mol. The van der Waals surface area contributed by atoms with E-state index in [9.17, 15) is 22.8 Å². The van der Waals surface area contributed by atoms with Gasteiger partial charge in [-0.3, -0.25) is 4.79 Å². The maximum absolute atomic E-state index is 13.0. The van der Waals surface area contributed by atoms with Crippen molar-refractivity contribution in [1.82, 2.24) is 5.32 Å². The summed E-state index contributed by atoms with van der Waals surface area (Å²) in [5.74, 6) is 0. The van der Waals surface area contributed by atoms with Crippen LogP contribution in [-0.2, 0) is 17.3 Å². The van der Waals surface area contributed by atoms with Crippen LogP contribution in [0.5, 0.6) is 0 Å². The summed E-state index contributed by atoms with van der Waals surface area (Å²) in [5, 5.41) is 3.94. The van der Waals surface area contributed by atoms with E-state index in [0.29, 0.717) is 41.0 Å². The fraction of sp³-hybridized carbons (Fsp3) is 0.333. The molecule has 1 N–H and O–H groups in total. The standard InChI is InChI=1S/C21H17ClF3NO3S/c1-20(10-29-19(28)26-20)6-2-3-11-7-14-17(9-15(11)22)30-16-8-12(21(23,24)25)4-5-13(16)18(14)27/h4-5,7-9H,2-3,6,10H2,1H3,(H,26,28). The average molecular weight is 456 g/mol. The number of amides is 1. The van der Waals surface area contributed by atoms with Crippen molar-refractivity contribution in [1.29, 1.82) is 0 Å². The van der Waals surface area contributed by atoms with Crippen LogP contribution in [0.2, 0.25) is 5.02 Å². The van der Waals surface area contributed by atoms with Crippen LogP contribution in [0.25, 0.3) is 20.2 Å². The molecule has 1 saturated heterocycles. The number of carbonyl (C=O) groups is 1. The topological polar surface area (TPSA) is 55.4 Å². The first-order valence-electron chi connectivity index (χ1n) is 9.27. The van der Waals surface area contributed by atoms with E-state index >= 15 is 0 Å². The molecule has 0 spiro atoms. The van der Waals surface area contributed by atoms with Crippen molar-refractivity contribution in [3.63, 3.8) is 0 Å². The molecule has 2 heterocycles. The minimum Gasteiger partial charge on any atom is -0.447 e. The van der Waals surface area contributed by atoms with Crippen LogP contribution in [0.15, 0.2) is 35.1 Å². The zero-order valence-corrected chi connectivity index (χ0v) is 17.4. The largest absolute Gasteiger partial charge is 0.447 e. The van der Waals surface area contributed by atoms with Gasteiger partial charge in [0.2, 0.25) is 0 Å². The molecule has 1 aliphatic rings. The predicted octanol–water partition coefficient (Wildman–Crippen LogP) is 5.91. The molecule has 0 radical (unpaired) electrons. The van der Waals surface area contributed by atoms with Crippen molar-refractivity contribution in [3.05, 3.63) is 56.7 Å². The Bertz CT molecular complexity index is 1220. The average Bonchev–Trinajstić information content (AvgIpc) is 3.00. The maximum Gasteiger partial charge on any atom is 0.416 e. The molecule has 4 rings (SSSR count). The Morgan fingerprint density at radius 2 is 1.90 bits per heavy atom. The summed E-state index contributed by atoms with van der Waals surface area (Å²) in [5.41, 5.74) is -0.745. The molecular weight excluding hydrogens is 439 g/mol. The summed E-state index contributed by atoms with van der Waals surface area (Å²) in [6.07, 6.45) is -2.92. The van der Waals surface area contributed by atoms with E-state index in [0.717, 1.165) is 29.0 Å². The highest BCUT2D eigenvalue weighted by molar-refractivity contribution is 7.24. The highest BCUT2D eigenvalue weighted by Crippen LogP contribution is 2.35. The number of carbonyl (C=O) groups excluding carboxylic acids is 1. The van der Waals surface area contributed by atoms with Gasteiger partial charge in [0, 0.05) is 25.2 Å². The lowest BCUT2D eigenvalue weighted by molar-refractivity contribution is -0.137. The molecular formula is C21H17ClF3NO3S. The first kappa shape index (κ1) is 20.9. The van der Waals surface area contributed by atoms with Crippen molar-refractivity contribution in [2.24, 2.45) is 0 Å². The van der Waals surface area contributed by atoms with Gasteiger partial charge in [-0.2, -0.15) is 13.2 Å². The van der Waals surface area contributed by atoms with Crippen molar-refractivity contribution in [2.75, 3.05) is 6.61 Å². The Balaban J connectivity index is 1.65. The molecule has 3 aromatic rings. The fourth-order valence-corrected chi connectivity index (χ4v) is 5.09. The lowest BCUT2D eigenvalue weighted by Gasteiger charge is -2.20. The van der Waals surface area contributed by atoms with Gasteiger partial charge in [0.1, 0.15) is 6.61 Å². The quantitative estimate of drug-likeness (QED) is 0.498. The lowest BCUT2D eigenvalue weighted by Crippen LogP contribution is -2.40. The van der Waals surface area contributed by atoms with E-state index < -0.39 is 23.4 Å². The van der Waals surface area contributed by atoms with Crippen LogP contribution in [0, 0.1) is 0 Å². The van der Waals surface area contributed by atoms with Crippen molar-refractivity contribution in [3.8, 4) is 0 Å². The molecule has 1 amide bonds. The second kappa shape index (κ2) is 7.42. The highest BCUT2D eigenvalue weighted by Gasteiger charge is 2.34. The number of hydrogen-bond donors (Lipinski definition) is 1. The predicted molar refractivity (Wildman–Crippen MR) is 111 cm³/mol. The molecule has 1 atom stereocenters. The number of fused-ring (bicyclic) bond motifs is 2. The molecule has 1 unspecified atom stereocenters. The summed E-state index contributed by atoms with van der Waals surface area (Å²) < 4.78 is 44.8. The number of halogens is 4. The Labute approximate surface area is 178 Å². The van der Waals surface area contributed by atoms with E-state index in [1.54, 1.807) is 12.1 Å². The van der Waals surface area contributed by atoms with E-state index in [1.165, 1.54) is 6.07 Å². The summed E-state index contributed by atoms with van der Waals surface area (Å²) in [4.78, 5) is 24.2. The lowest BCUT2D eigenvalue weighted by atomic mass is 9.95. The van der Waals surface area contributed by atoms with Gasteiger partial charge in [0.05, 0.1) is 11.1 Å². The molecule has 0 saturated carbocycles. The minimum atomic E-state index is -4.47. The zero-order valence-electron chi connectivity index (χ0n) is 15.9. The van der Waals surface area contributed by atoms with Gasteiger partial charge in [-0.15, -0.1) is 11.3 Å². The number of nitrogens with one attached hydrogen (secondary N) is 1. The van der Waals surface area contributed by atoms with Crippen molar-refractivity contribution >= 4 is 49.2 Å². The van der Waals surface area contributed by atoms with Crippen LogP contribution in [0.1, 0.15) is 30.9 Å². The van der Waals surface area contributed by atoms with Gasteiger partial charge in [0.25, 0.3) is 0 Å². The van der Waals surface area contributed by atoms with Crippen LogP contribution < -0.4 is 10.7 Å². The Morgan fingerprint density at radius 1 is 1.17 bits per heavy atom. The molecule has 158 valence electrons. The molecule has 4 nitrogen and oxygen atoms in total. The van der Waals surface area contributed by atoms with E-state index in [1.807, 2.05) is 6.92 Å². The molecule has 1 aromatic heterocycles. The summed E-state index contributed by atoms with van der Waals surface area (Å²) in [6.45, 7) is 2.20. The first-order chi connectivity index (χ1) is 14.1. The molecule has 9 heteroatoms. The van der Waals surface area contributed by atoms with Gasteiger partial charge in [-0.25, -0.2) is 4.79 Å². The molecule has 2 aromatic carbocycles. The Morgan fingerprint density at radius 3 is 2.57 bits per heavy atom. The SMILES string of the molecule is CC1(CCCc2cc3c(=O)c4ccc(C(F)(F)F)cc4sc3cc2Cl)COC(=O)N1. The third kappa shape index (κ3) is 3.98. The number of hydrogen-bond acceptors (Lipinski definition) is 4. The van der Waals surface area contributed by atoms with Gasteiger partial charge < -0.3 is 10.1 Å². The number of alkyl halides is 3. The number of rotatable bonds is 4. The Hall–Kier alpha value is -2.32. The second-order valence-electron chi connectivity index (χ2n) is 7.70. The van der Waals surface area contributed by atoms with E-state index in [2.05, 4.69) is 5.32 Å². The van der Waals surface area contributed by atoms with Crippen LogP contribution >= 0.6 is 22.9 Å². The van der Waals surface area contributed by atoms with Gasteiger partial charge in [0.15, 0.2) is 5.43 Å². The molecule has 1 fully saturated rings. The van der Waals surface area contributed by atoms with Crippen molar-refractivity contribution < 1.29 is 22.7 Å². The zero-order chi connectivity index (χ0) is 21.7. The molecule has 0 aliphatic carbocycles. The fourth-order valence-electron chi connectivity index (χ4n) is 3.63. The molecule has 1 aliphatic heterocycles. The number of ether oxygens (including phenoxy) is 1. The first-order valence-corrected chi connectivity index (χ1v) is 10.5. The number of alkyl carbamates (subject to hydrolysis) is 1. The number of benzene rings is 2.